The van der Waals surface area contributed by atoms with Gasteiger partial charge in [0.2, 0.25) is 5.91 Å². The average Bonchev–Trinajstić information content (AvgIpc) is 2.81. The largest absolute Gasteiger partial charge is 0.496 e. The molecule has 4 nitrogen and oxygen atoms in total. The van der Waals surface area contributed by atoms with Gasteiger partial charge in [-0.2, -0.15) is 0 Å². The summed E-state index contributed by atoms with van der Waals surface area (Å²) in [6.45, 7) is 2.50. The number of methoxy groups -OCH3 is 1. The number of carbonyl (C=O) groups excluding carboxylic acids is 1. The van der Waals surface area contributed by atoms with E-state index in [9.17, 15) is 4.79 Å². The summed E-state index contributed by atoms with van der Waals surface area (Å²) in [6.07, 6.45) is 2.21. The lowest BCUT2D eigenvalue weighted by Crippen LogP contribution is -2.48. The number of likely N-dealkylation sites (tertiary alicyclic amines) is 1. The van der Waals surface area contributed by atoms with Crippen molar-refractivity contribution in [2.24, 2.45) is 11.1 Å². The summed E-state index contributed by atoms with van der Waals surface area (Å²) in [7, 11) is 1.71. The molecule has 0 bridgehead atoms. The molecule has 0 aliphatic carbocycles. The van der Waals surface area contributed by atoms with Gasteiger partial charge < -0.3 is 10.5 Å². The Bertz CT molecular complexity index is 1020. The maximum atomic E-state index is 12.7. The van der Waals surface area contributed by atoms with Gasteiger partial charge >= 0.3 is 0 Å². The maximum absolute atomic E-state index is 12.7. The van der Waals surface area contributed by atoms with Gasteiger partial charge in [0, 0.05) is 12.1 Å². The first-order chi connectivity index (χ1) is 15.1. The first-order valence-electron chi connectivity index (χ1n) is 10.9. The van der Waals surface area contributed by atoms with Gasteiger partial charge in [0.15, 0.2) is 0 Å². The van der Waals surface area contributed by atoms with E-state index < -0.39 is 5.41 Å². The standard InChI is InChI=1S/C27H30N2O2/c1-31-25-14-8-6-12-23(25)20-29-17-15-27(16-18-29,26(28)30)19-22-11-5-7-13-24(22)21-9-3-2-4-10-21/h2-14H,15-20H2,1H3,(H2,28,30). The fraction of sp³-hybridized carbons (Fsp3) is 0.296. The van der Waals surface area contributed by atoms with Crippen LogP contribution in [0.15, 0.2) is 78.9 Å². The van der Waals surface area contributed by atoms with Crippen molar-refractivity contribution >= 4 is 5.91 Å². The number of nitrogens with two attached hydrogens (primary N) is 1. The number of piperidine rings is 1. The van der Waals surface area contributed by atoms with Crippen molar-refractivity contribution < 1.29 is 9.53 Å². The number of rotatable bonds is 7. The molecule has 4 rings (SSSR count). The molecule has 3 aromatic rings. The third kappa shape index (κ3) is 4.64. The summed E-state index contributed by atoms with van der Waals surface area (Å²) < 4.78 is 5.50. The monoisotopic (exact) mass is 414 g/mol. The molecule has 0 aromatic heterocycles. The zero-order valence-electron chi connectivity index (χ0n) is 18.1. The molecular weight excluding hydrogens is 384 g/mol. The third-order valence-corrected chi connectivity index (χ3v) is 6.55. The van der Waals surface area contributed by atoms with E-state index in [0.29, 0.717) is 6.42 Å². The number of carbonyl (C=O) groups is 1. The summed E-state index contributed by atoms with van der Waals surface area (Å²) in [5, 5.41) is 0. The van der Waals surface area contributed by atoms with Crippen LogP contribution < -0.4 is 10.5 Å². The van der Waals surface area contributed by atoms with Crippen molar-refractivity contribution in [3.05, 3.63) is 90.0 Å². The molecule has 0 atom stereocenters. The number of nitrogens with zero attached hydrogens (tertiary/aromatic N) is 1. The van der Waals surface area contributed by atoms with E-state index in [4.69, 9.17) is 10.5 Å². The quantitative estimate of drug-likeness (QED) is 0.611. The molecule has 1 heterocycles. The normalized spacial score (nSPS) is 16.0. The van der Waals surface area contributed by atoms with Crippen LogP contribution in [-0.4, -0.2) is 31.0 Å². The summed E-state index contributed by atoms with van der Waals surface area (Å²) in [5.74, 6) is 0.721. The van der Waals surface area contributed by atoms with Gasteiger partial charge in [-0.05, 0) is 55.1 Å². The topological polar surface area (TPSA) is 55.6 Å². The van der Waals surface area contributed by atoms with Crippen molar-refractivity contribution in [1.82, 2.24) is 4.90 Å². The van der Waals surface area contributed by atoms with Crippen molar-refractivity contribution in [3.8, 4) is 16.9 Å². The number of hydrogen-bond acceptors (Lipinski definition) is 3. The Balaban J connectivity index is 1.51. The third-order valence-electron chi connectivity index (χ3n) is 6.55. The van der Waals surface area contributed by atoms with Gasteiger partial charge in [-0.25, -0.2) is 0 Å². The number of hydrogen-bond donors (Lipinski definition) is 1. The highest BCUT2D eigenvalue weighted by Gasteiger charge is 2.40. The smallest absolute Gasteiger partial charge is 0.224 e. The molecule has 0 spiro atoms. The number of ether oxygens (including phenoxy) is 1. The van der Waals surface area contributed by atoms with E-state index in [2.05, 4.69) is 41.3 Å². The highest BCUT2D eigenvalue weighted by Crippen LogP contribution is 2.38. The molecule has 3 aromatic carbocycles. The van der Waals surface area contributed by atoms with Crippen LogP contribution in [0.1, 0.15) is 24.0 Å². The lowest BCUT2D eigenvalue weighted by Gasteiger charge is -2.40. The zero-order valence-corrected chi connectivity index (χ0v) is 18.1. The van der Waals surface area contributed by atoms with E-state index in [1.54, 1.807) is 7.11 Å². The maximum Gasteiger partial charge on any atom is 0.224 e. The van der Waals surface area contributed by atoms with Crippen LogP contribution in [0.3, 0.4) is 0 Å². The number of amides is 1. The summed E-state index contributed by atoms with van der Waals surface area (Å²) in [5.41, 5.74) is 10.2. The summed E-state index contributed by atoms with van der Waals surface area (Å²) in [4.78, 5) is 15.1. The van der Waals surface area contributed by atoms with E-state index in [1.807, 2.05) is 42.5 Å². The highest BCUT2D eigenvalue weighted by molar-refractivity contribution is 5.82. The first-order valence-corrected chi connectivity index (χ1v) is 10.9. The van der Waals surface area contributed by atoms with Crippen molar-refractivity contribution in [2.45, 2.75) is 25.8 Å². The summed E-state index contributed by atoms with van der Waals surface area (Å²) >= 11 is 0. The molecule has 1 amide bonds. The Morgan fingerprint density at radius 3 is 2.19 bits per heavy atom. The van der Waals surface area contributed by atoms with Crippen LogP contribution in [0.5, 0.6) is 5.75 Å². The van der Waals surface area contributed by atoms with Gasteiger partial charge in [-0.3, -0.25) is 9.69 Å². The van der Waals surface area contributed by atoms with Crippen LogP contribution in [0.2, 0.25) is 0 Å². The van der Waals surface area contributed by atoms with E-state index in [1.165, 1.54) is 22.3 Å². The minimum atomic E-state index is -0.512. The minimum absolute atomic E-state index is 0.188. The van der Waals surface area contributed by atoms with E-state index in [-0.39, 0.29) is 5.91 Å². The number of primary amides is 1. The van der Waals surface area contributed by atoms with Crippen LogP contribution >= 0.6 is 0 Å². The first kappa shape index (κ1) is 21.1. The minimum Gasteiger partial charge on any atom is -0.496 e. The van der Waals surface area contributed by atoms with Gasteiger partial charge in [-0.1, -0.05) is 72.8 Å². The lowest BCUT2D eigenvalue weighted by molar-refractivity contribution is -0.130. The molecule has 0 unspecified atom stereocenters. The van der Waals surface area contributed by atoms with Crippen LogP contribution in [-0.2, 0) is 17.8 Å². The van der Waals surface area contributed by atoms with Crippen molar-refractivity contribution in [2.75, 3.05) is 20.2 Å². The molecule has 31 heavy (non-hydrogen) atoms. The van der Waals surface area contributed by atoms with Crippen molar-refractivity contribution in [3.63, 3.8) is 0 Å². The second kappa shape index (κ2) is 9.36. The van der Waals surface area contributed by atoms with Gasteiger partial charge in [0.1, 0.15) is 5.75 Å². The Labute approximate surface area is 184 Å². The molecule has 0 saturated carbocycles. The average molecular weight is 415 g/mol. The zero-order chi connectivity index (χ0) is 21.7. The Hall–Kier alpha value is -3.11. The molecule has 1 aliphatic heterocycles. The predicted octanol–water partition coefficient (Wildman–Crippen LogP) is 4.67. The molecule has 4 heteroatoms. The second-order valence-electron chi connectivity index (χ2n) is 8.43. The molecule has 1 fully saturated rings. The Kier molecular flexibility index (Phi) is 6.38. The SMILES string of the molecule is COc1ccccc1CN1CCC(Cc2ccccc2-c2ccccc2)(C(N)=O)CC1. The fourth-order valence-electron chi connectivity index (χ4n) is 4.66. The molecule has 1 aliphatic rings. The molecular formula is C27H30N2O2. The van der Waals surface area contributed by atoms with Crippen LogP contribution in [0.4, 0.5) is 0 Å². The molecule has 0 radical (unpaired) electrons. The predicted molar refractivity (Wildman–Crippen MR) is 125 cm³/mol. The fourth-order valence-corrected chi connectivity index (χ4v) is 4.66. The van der Waals surface area contributed by atoms with E-state index >= 15 is 0 Å². The van der Waals surface area contributed by atoms with Gasteiger partial charge in [-0.15, -0.1) is 0 Å². The summed E-state index contributed by atoms with van der Waals surface area (Å²) in [6, 6.07) is 26.8. The van der Waals surface area contributed by atoms with Gasteiger partial charge in [0.05, 0.1) is 12.5 Å². The molecule has 160 valence electrons. The highest BCUT2D eigenvalue weighted by atomic mass is 16.5. The Morgan fingerprint density at radius 2 is 1.52 bits per heavy atom. The lowest BCUT2D eigenvalue weighted by atomic mass is 9.72. The van der Waals surface area contributed by atoms with E-state index in [0.717, 1.165) is 38.2 Å². The van der Waals surface area contributed by atoms with Crippen LogP contribution in [0.25, 0.3) is 11.1 Å². The molecule has 1 saturated heterocycles. The number of para-hydroxylation sites is 1. The van der Waals surface area contributed by atoms with Crippen LogP contribution in [0, 0.1) is 5.41 Å². The Morgan fingerprint density at radius 1 is 0.903 bits per heavy atom. The van der Waals surface area contributed by atoms with Crippen molar-refractivity contribution in [1.29, 1.82) is 0 Å². The second-order valence-corrected chi connectivity index (χ2v) is 8.43. The van der Waals surface area contributed by atoms with Gasteiger partial charge in [0.25, 0.3) is 0 Å². The number of benzene rings is 3. The molecule has 2 N–H and O–H groups in total.